The van der Waals surface area contributed by atoms with Crippen LogP contribution in [0.25, 0.3) is 0 Å². The molecule has 0 aliphatic heterocycles. The van der Waals surface area contributed by atoms with Crippen LogP contribution in [0.2, 0.25) is 0 Å². The summed E-state index contributed by atoms with van der Waals surface area (Å²) in [6, 6.07) is 6.34. The van der Waals surface area contributed by atoms with E-state index in [0.717, 1.165) is 5.69 Å². The SMILES string of the molecule is CNC(=O)C(=O)NCNc1ccc(O)cc1. The van der Waals surface area contributed by atoms with Gasteiger partial charge in [-0.05, 0) is 24.3 Å². The van der Waals surface area contributed by atoms with Gasteiger partial charge in [0.1, 0.15) is 5.75 Å². The van der Waals surface area contributed by atoms with Gasteiger partial charge < -0.3 is 21.1 Å². The van der Waals surface area contributed by atoms with Crippen LogP contribution < -0.4 is 16.0 Å². The average molecular weight is 223 g/mol. The van der Waals surface area contributed by atoms with Crippen molar-refractivity contribution < 1.29 is 14.7 Å². The molecular formula is C10H13N3O3. The third kappa shape index (κ3) is 3.49. The molecule has 0 bridgehead atoms. The first-order chi connectivity index (χ1) is 7.63. The van der Waals surface area contributed by atoms with Gasteiger partial charge in [-0.3, -0.25) is 9.59 Å². The molecule has 1 aromatic carbocycles. The van der Waals surface area contributed by atoms with Crippen molar-refractivity contribution in [2.75, 3.05) is 19.0 Å². The van der Waals surface area contributed by atoms with Gasteiger partial charge in [0.05, 0.1) is 6.67 Å². The number of nitrogens with one attached hydrogen (secondary N) is 3. The molecular weight excluding hydrogens is 210 g/mol. The third-order valence-electron chi connectivity index (χ3n) is 1.84. The summed E-state index contributed by atoms with van der Waals surface area (Å²) in [5.74, 6) is -1.22. The molecule has 1 rings (SSSR count). The van der Waals surface area contributed by atoms with E-state index in [9.17, 15) is 9.59 Å². The maximum Gasteiger partial charge on any atom is 0.310 e. The Kier molecular flexibility index (Phi) is 4.14. The van der Waals surface area contributed by atoms with E-state index in [2.05, 4.69) is 16.0 Å². The predicted octanol–water partition coefficient (Wildman–Crippen LogP) is -0.376. The highest BCUT2D eigenvalue weighted by Gasteiger charge is 2.08. The third-order valence-corrected chi connectivity index (χ3v) is 1.84. The monoisotopic (exact) mass is 223 g/mol. The van der Waals surface area contributed by atoms with Gasteiger partial charge in [-0.25, -0.2) is 0 Å². The summed E-state index contributed by atoms with van der Waals surface area (Å²) in [7, 11) is 1.38. The lowest BCUT2D eigenvalue weighted by molar-refractivity contribution is -0.138. The summed E-state index contributed by atoms with van der Waals surface area (Å²) in [5, 5.41) is 16.5. The largest absolute Gasteiger partial charge is 0.508 e. The van der Waals surface area contributed by atoms with Crippen LogP contribution in [-0.2, 0) is 9.59 Å². The van der Waals surface area contributed by atoms with Crippen LogP contribution in [0.3, 0.4) is 0 Å². The van der Waals surface area contributed by atoms with E-state index < -0.39 is 11.8 Å². The predicted molar refractivity (Wildman–Crippen MR) is 58.8 cm³/mol. The van der Waals surface area contributed by atoms with E-state index in [-0.39, 0.29) is 12.4 Å². The van der Waals surface area contributed by atoms with Crippen molar-refractivity contribution in [3.63, 3.8) is 0 Å². The summed E-state index contributed by atoms with van der Waals surface area (Å²) in [6.07, 6.45) is 0. The zero-order valence-electron chi connectivity index (χ0n) is 8.78. The summed E-state index contributed by atoms with van der Waals surface area (Å²) >= 11 is 0. The van der Waals surface area contributed by atoms with Crippen molar-refractivity contribution in [1.29, 1.82) is 0 Å². The van der Waals surface area contributed by atoms with Crippen molar-refractivity contribution in [3.05, 3.63) is 24.3 Å². The number of aromatic hydroxyl groups is 1. The number of carbonyl (C=O) groups is 2. The van der Waals surface area contributed by atoms with Crippen molar-refractivity contribution in [2.45, 2.75) is 0 Å². The molecule has 0 saturated heterocycles. The molecule has 0 radical (unpaired) electrons. The molecule has 6 heteroatoms. The van der Waals surface area contributed by atoms with Crippen molar-refractivity contribution in [2.24, 2.45) is 0 Å². The summed E-state index contributed by atoms with van der Waals surface area (Å²) in [5.41, 5.74) is 0.731. The van der Waals surface area contributed by atoms with E-state index in [1.807, 2.05) is 0 Å². The lowest BCUT2D eigenvalue weighted by atomic mass is 10.3. The fourth-order valence-electron chi connectivity index (χ4n) is 1.000. The smallest absolute Gasteiger partial charge is 0.310 e. The first-order valence-corrected chi connectivity index (χ1v) is 4.66. The second-order valence-electron chi connectivity index (χ2n) is 2.99. The molecule has 1 aromatic rings. The fraction of sp³-hybridized carbons (Fsp3) is 0.200. The second-order valence-corrected chi connectivity index (χ2v) is 2.99. The number of phenolic OH excluding ortho intramolecular Hbond substituents is 1. The quantitative estimate of drug-likeness (QED) is 0.319. The summed E-state index contributed by atoms with van der Waals surface area (Å²) in [6.45, 7) is 0.136. The highest BCUT2D eigenvalue weighted by Crippen LogP contribution is 2.12. The van der Waals surface area contributed by atoms with E-state index >= 15 is 0 Å². The minimum Gasteiger partial charge on any atom is -0.508 e. The maximum atomic E-state index is 11.0. The molecule has 0 aliphatic carbocycles. The minimum atomic E-state index is -0.700. The first-order valence-electron chi connectivity index (χ1n) is 4.66. The Bertz CT molecular complexity index is 375. The molecule has 6 nitrogen and oxygen atoms in total. The zero-order chi connectivity index (χ0) is 12.0. The lowest BCUT2D eigenvalue weighted by Gasteiger charge is -2.07. The molecule has 0 spiro atoms. The number of rotatable bonds is 3. The molecule has 86 valence electrons. The van der Waals surface area contributed by atoms with Gasteiger partial charge in [0.25, 0.3) is 0 Å². The molecule has 0 saturated carbocycles. The molecule has 0 atom stereocenters. The average Bonchev–Trinajstić information content (AvgIpc) is 2.30. The van der Waals surface area contributed by atoms with E-state index in [1.54, 1.807) is 12.1 Å². The number of carbonyl (C=O) groups excluding carboxylic acids is 2. The number of anilines is 1. The van der Waals surface area contributed by atoms with Crippen molar-refractivity contribution in [3.8, 4) is 5.75 Å². The Morgan fingerprint density at radius 2 is 1.81 bits per heavy atom. The highest BCUT2D eigenvalue weighted by molar-refractivity contribution is 6.35. The molecule has 2 amide bonds. The van der Waals surface area contributed by atoms with Crippen molar-refractivity contribution in [1.82, 2.24) is 10.6 Å². The first kappa shape index (κ1) is 11.8. The Balaban J connectivity index is 2.33. The van der Waals surface area contributed by atoms with Gasteiger partial charge in [-0.15, -0.1) is 0 Å². The molecule has 0 aliphatic rings. The van der Waals surface area contributed by atoms with Crippen LogP contribution in [0.4, 0.5) is 5.69 Å². The van der Waals surface area contributed by atoms with Gasteiger partial charge >= 0.3 is 11.8 Å². The maximum absolute atomic E-state index is 11.0. The molecule has 4 N–H and O–H groups in total. The number of phenols is 1. The zero-order valence-corrected chi connectivity index (χ0v) is 8.78. The Morgan fingerprint density at radius 3 is 2.38 bits per heavy atom. The number of benzene rings is 1. The number of hydrogen-bond donors (Lipinski definition) is 4. The van der Waals surface area contributed by atoms with Crippen LogP contribution in [0.15, 0.2) is 24.3 Å². The fourth-order valence-corrected chi connectivity index (χ4v) is 1.000. The van der Waals surface area contributed by atoms with Gasteiger partial charge in [-0.1, -0.05) is 0 Å². The van der Waals surface area contributed by atoms with E-state index in [1.165, 1.54) is 19.2 Å². The van der Waals surface area contributed by atoms with Crippen LogP contribution in [0, 0.1) is 0 Å². The van der Waals surface area contributed by atoms with Gasteiger partial charge in [0.15, 0.2) is 0 Å². The van der Waals surface area contributed by atoms with Crippen LogP contribution in [0.1, 0.15) is 0 Å². The van der Waals surface area contributed by atoms with Crippen LogP contribution in [-0.4, -0.2) is 30.6 Å². The van der Waals surface area contributed by atoms with Crippen LogP contribution >= 0.6 is 0 Å². The number of likely N-dealkylation sites (N-methyl/N-ethyl adjacent to an activating group) is 1. The lowest BCUT2D eigenvalue weighted by Crippen LogP contribution is -2.40. The molecule has 0 aromatic heterocycles. The molecule has 0 heterocycles. The second kappa shape index (κ2) is 5.59. The Morgan fingerprint density at radius 1 is 1.19 bits per heavy atom. The summed E-state index contributed by atoms with van der Waals surface area (Å²) in [4.78, 5) is 21.8. The summed E-state index contributed by atoms with van der Waals surface area (Å²) < 4.78 is 0. The van der Waals surface area contributed by atoms with Gasteiger partial charge in [0.2, 0.25) is 0 Å². The van der Waals surface area contributed by atoms with Crippen molar-refractivity contribution >= 4 is 17.5 Å². The normalized spacial score (nSPS) is 9.31. The molecule has 0 unspecified atom stereocenters. The van der Waals surface area contributed by atoms with Gasteiger partial charge in [0, 0.05) is 12.7 Å². The van der Waals surface area contributed by atoms with Crippen LogP contribution in [0.5, 0.6) is 5.75 Å². The Hall–Kier alpha value is -2.24. The highest BCUT2D eigenvalue weighted by atomic mass is 16.3. The standard InChI is InChI=1S/C10H13N3O3/c1-11-9(15)10(16)13-6-12-7-2-4-8(14)5-3-7/h2-5,12,14H,6H2,1H3,(H,11,15)(H,13,16). The number of amides is 2. The molecule has 16 heavy (non-hydrogen) atoms. The van der Waals surface area contributed by atoms with E-state index in [4.69, 9.17) is 5.11 Å². The van der Waals surface area contributed by atoms with E-state index in [0.29, 0.717) is 0 Å². The van der Waals surface area contributed by atoms with Gasteiger partial charge in [-0.2, -0.15) is 0 Å². The molecule has 0 fully saturated rings. The minimum absolute atomic E-state index is 0.136. The Labute approximate surface area is 92.7 Å². The number of hydrogen-bond acceptors (Lipinski definition) is 4. The topological polar surface area (TPSA) is 90.5 Å².